The summed E-state index contributed by atoms with van der Waals surface area (Å²) >= 11 is 0. The van der Waals surface area contributed by atoms with E-state index in [-0.39, 0.29) is 5.91 Å². The lowest BCUT2D eigenvalue weighted by atomic mass is 10.0. The van der Waals surface area contributed by atoms with Crippen LogP contribution in [0.5, 0.6) is 0 Å². The van der Waals surface area contributed by atoms with E-state index >= 15 is 0 Å². The minimum Gasteiger partial charge on any atom is -0.326 e. The molecule has 19 heavy (non-hydrogen) atoms. The van der Waals surface area contributed by atoms with Gasteiger partial charge >= 0.3 is 0 Å². The van der Waals surface area contributed by atoms with Crippen molar-refractivity contribution in [1.29, 1.82) is 0 Å². The fraction of sp³-hybridized carbons (Fsp3) is 0.562. The maximum atomic E-state index is 11.8. The highest BCUT2D eigenvalue weighted by molar-refractivity contribution is 5.90. The van der Waals surface area contributed by atoms with Crippen LogP contribution in [0.3, 0.4) is 0 Å². The highest BCUT2D eigenvalue weighted by Crippen LogP contribution is 2.13. The van der Waals surface area contributed by atoms with Crippen LogP contribution in [0.25, 0.3) is 0 Å². The van der Waals surface area contributed by atoms with E-state index in [9.17, 15) is 4.79 Å². The summed E-state index contributed by atoms with van der Waals surface area (Å²) in [6.07, 6.45) is 2.76. The first-order valence-corrected chi connectivity index (χ1v) is 7.25. The molecule has 1 aromatic carbocycles. The van der Waals surface area contributed by atoms with Crippen LogP contribution in [-0.2, 0) is 11.3 Å². The van der Waals surface area contributed by atoms with Gasteiger partial charge in [0.15, 0.2) is 0 Å². The van der Waals surface area contributed by atoms with Gasteiger partial charge in [0.2, 0.25) is 5.91 Å². The third-order valence-corrected chi connectivity index (χ3v) is 3.20. The van der Waals surface area contributed by atoms with E-state index in [1.54, 1.807) is 0 Å². The summed E-state index contributed by atoms with van der Waals surface area (Å²) in [5.74, 6) is 0.544. The minimum absolute atomic E-state index is 0.105. The Bertz CT molecular complexity index is 390. The average molecular weight is 262 g/mol. The summed E-state index contributed by atoms with van der Waals surface area (Å²) in [7, 11) is 0. The van der Waals surface area contributed by atoms with Crippen molar-refractivity contribution in [2.75, 3.05) is 11.9 Å². The molecule has 0 aliphatic rings. The second-order valence-electron chi connectivity index (χ2n) is 5.14. The second kappa shape index (κ2) is 8.70. The number of benzene rings is 1. The average Bonchev–Trinajstić information content (AvgIpc) is 2.39. The molecule has 0 saturated carbocycles. The summed E-state index contributed by atoms with van der Waals surface area (Å²) in [5.41, 5.74) is 2.10. The van der Waals surface area contributed by atoms with Gasteiger partial charge < -0.3 is 10.6 Å². The third kappa shape index (κ3) is 6.39. The maximum absolute atomic E-state index is 11.8. The van der Waals surface area contributed by atoms with E-state index in [1.807, 2.05) is 18.2 Å². The van der Waals surface area contributed by atoms with Crippen LogP contribution < -0.4 is 10.6 Å². The highest BCUT2D eigenvalue weighted by atomic mass is 16.1. The molecule has 0 aliphatic heterocycles. The van der Waals surface area contributed by atoms with Gasteiger partial charge in [-0.3, -0.25) is 4.79 Å². The summed E-state index contributed by atoms with van der Waals surface area (Å²) < 4.78 is 0. The Morgan fingerprint density at radius 3 is 2.79 bits per heavy atom. The van der Waals surface area contributed by atoms with Gasteiger partial charge in [0.1, 0.15) is 0 Å². The standard InChI is InChI=1S/C16H26N2O/c1-4-9-17-12-14-7-6-8-15(11-14)18-16(19)10-13(3)5-2/h6-8,11,13,17H,4-5,9-10,12H2,1-3H3,(H,18,19). The summed E-state index contributed by atoms with van der Waals surface area (Å²) in [6.45, 7) is 8.23. The number of nitrogens with one attached hydrogen (secondary N) is 2. The lowest BCUT2D eigenvalue weighted by molar-refractivity contribution is -0.117. The van der Waals surface area contributed by atoms with Gasteiger partial charge in [-0.2, -0.15) is 0 Å². The Balaban J connectivity index is 2.49. The van der Waals surface area contributed by atoms with Crippen LogP contribution in [0, 0.1) is 5.92 Å². The number of hydrogen-bond donors (Lipinski definition) is 2. The van der Waals surface area contributed by atoms with Crippen molar-refractivity contribution < 1.29 is 4.79 Å². The van der Waals surface area contributed by atoms with E-state index < -0.39 is 0 Å². The molecule has 0 saturated heterocycles. The predicted molar refractivity (Wildman–Crippen MR) is 81.1 cm³/mol. The molecule has 0 fully saturated rings. The number of amides is 1. The zero-order chi connectivity index (χ0) is 14.1. The SMILES string of the molecule is CCCNCc1cccc(NC(=O)CC(C)CC)c1. The zero-order valence-corrected chi connectivity index (χ0v) is 12.3. The first-order valence-electron chi connectivity index (χ1n) is 7.25. The Morgan fingerprint density at radius 1 is 1.32 bits per heavy atom. The van der Waals surface area contributed by atoms with Crippen LogP contribution in [0.15, 0.2) is 24.3 Å². The Labute approximate surface area is 116 Å². The fourth-order valence-corrected chi connectivity index (χ4v) is 1.84. The molecule has 1 amide bonds. The van der Waals surface area contributed by atoms with Crippen molar-refractivity contribution in [3.05, 3.63) is 29.8 Å². The van der Waals surface area contributed by atoms with Crippen LogP contribution in [-0.4, -0.2) is 12.5 Å². The van der Waals surface area contributed by atoms with Crippen LogP contribution in [0.1, 0.15) is 45.6 Å². The molecule has 3 nitrogen and oxygen atoms in total. The largest absolute Gasteiger partial charge is 0.326 e. The van der Waals surface area contributed by atoms with E-state index in [2.05, 4.69) is 37.5 Å². The molecule has 2 N–H and O–H groups in total. The van der Waals surface area contributed by atoms with E-state index in [0.29, 0.717) is 12.3 Å². The Kier molecular flexibility index (Phi) is 7.19. The molecule has 0 aromatic heterocycles. The molecule has 0 spiro atoms. The molecule has 1 rings (SSSR count). The molecule has 1 unspecified atom stereocenters. The van der Waals surface area contributed by atoms with Crippen molar-refractivity contribution in [2.24, 2.45) is 5.92 Å². The maximum Gasteiger partial charge on any atom is 0.224 e. The topological polar surface area (TPSA) is 41.1 Å². The van der Waals surface area contributed by atoms with Gasteiger partial charge in [-0.1, -0.05) is 39.3 Å². The van der Waals surface area contributed by atoms with Gasteiger partial charge in [0.25, 0.3) is 0 Å². The number of carbonyl (C=O) groups is 1. The van der Waals surface area contributed by atoms with Gasteiger partial charge in [-0.05, 0) is 36.6 Å². The zero-order valence-electron chi connectivity index (χ0n) is 12.3. The molecule has 1 aromatic rings. The molecular weight excluding hydrogens is 236 g/mol. The molecule has 0 heterocycles. The fourth-order valence-electron chi connectivity index (χ4n) is 1.84. The summed E-state index contributed by atoms with van der Waals surface area (Å²) in [5, 5.41) is 6.33. The van der Waals surface area contributed by atoms with Gasteiger partial charge in [0, 0.05) is 18.7 Å². The third-order valence-electron chi connectivity index (χ3n) is 3.20. The van der Waals surface area contributed by atoms with Crippen LogP contribution in [0.2, 0.25) is 0 Å². The van der Waals surface area contributed by atoms with Crippen molar-refractivity contribution in [2.45, 2.75) is 46.6 Å². The number of hydrogen-bond acceptors (Lipinski definition) is 2. The van der Waals surface area contributed by atoms with Crippen LogP contribution in [0.4, 0.5) is 5.69 Å². The lowest BCUT2D eigenvalue weighted by Crippen LogP contribution is -2.16. The Morgan fingerprint density at radius 2 is 2.11 bits per heavy atom. The molecule has 1 atom stereocenters. The molecule has 3 heteroatoms. The van der Waals surface area contributed by atoms with Crippen LogP contribution >= 0.6 is 0 Å². The normalized spacial score (nSPS) is 12.2. The number of carbonyl (C=O) groups excluding carboxylic acids is 1. The minimum atomic E-state index is 0.105. The first kappa shape index (κ1) is 15.7. The molecular formula is C16H26N2O. The molecule has 106 valence electrons. The van der Waals surface area contributed by atoms with Crippen molar-refractivity contribution in [3.8, 4) is 0 Å². The molecule has 0 bridgehead atoms. The van der Waals surface area contributed by atoms with Crippen molar-refractivity contribution >= 4 is 11.6 Å². The quantitative estimate of drug-likeness (QED) is 0.703. The van der Waals surface area contributed by atoms with Gasteiger partial charge in [-0.25, -0.2) is 0 Å². The summed E-state index contributed by atoms with van der Waals surface area (Å²) in [4.78, 5) is 11.8. The smallest absolute Gasteiger partial charge is 0.224 e. The van der Waals surface area contributed by atoms with Gasteiger partial charge in [0.05, 0.1) is 0 Å². The predicted octanol–water partition coefficient (Wildman–Crippen LogP) is 3.56. The second-order valence-corrected chi connectivity index (χ2v) is 5.14. The highest BCUT2D eigenvalue weighted by Gasteiger charge is 2.07. The molecule has 0 aliphatic carbocycles. The number of rotatable bonds is 8. The first-order chi connectivity index (χ1) is 9.15. The molecule has 0 radical (unpaired) electrons. The van der Waals surface area contributed by atoms with Crippen molar-refractivity contribution in [3.63, 3.8) is 0 Å². The van der Waals surface area contributed by atoms with E-state index in [4.69, 9.17) is 0 Å². The van der Waals surface area contributed by atoms with E-state index in [1.165, 1.54) is 5.56 Å². The monoisotopic (exact) mass is 262 g/mol. The van der Waals surface area contributed by atoms with E-state index in [0.717, 1.165) is 31.6 Å². The summed E-state index contributed by atoms with van der Waals surface area (Å²) in [6, 6.07) is 8.05. The Hall–Kier alpha value is -1.35. The van der Waals surface area contributed by atoms with Crippen molar-refractivity contribution in [1.82, 2.24) is 5.32 Å². The number of anilines is 1. The van der Waals surface area contributed by atoms with Gasteiger partial charge in [-0.15, -0.1) is 0 Å². The lowest BCUT2D eigenvalue weighted by Gasteiger charge is -2.10.